The van der Waals surface area contributed by atoms with Crippen LogP contribution < -0.4 is 15.4 Å². The van der Waals surface area contributed by atoms with Crippen LogP contribution in [0.2, 0.25) is 5.02 Å². The molecule has 5 nitrogen and oxygen atoms in total. The topological polar surface area (TPSA) is 67.4 Å². The highest BCUT2D eigenvalue weighted by atomic mass is 35.5. The van der Waals surface area contributed by atoms with Crippen LogP contribution in [0.5, 0.6) is 5.75 Å². The Hall–Kier alpha value is -2.53. The minimum absolute atomic E-state index is 0.195. The molecule has 146 valence electrons. The predicted molar refractivity (Wildman–Crippen MR) is 109 cm³/mol. The van der Waals surface area contributed by atoms with E-state index in [1.165, 1.54) is 6.42 Å². The lowest BCUT2D eigenvalue weighted by molar-refractivity contribution is -0.122. The number of carbonyl (C=O) groups excluding carboxylic acids is 2. The molecule has 28 heavy (non-hydrogen) atoms. The molecule has 1 aliphatic heterocycles. The van der Waals surface area contributed by atoms with Gasteiger partial charge in [0, 0.05) is 18.2 Å². The molecule has 1 atom stereocenters. The van der Waals surface area contributed by atoms with Crippen molar-refractivity contribution in [1.82, 2.24) is 5.32 Å². The van der Waals surface area contributed by atoms with Gasteiger partial charge in [-0.25, -0.2) is 0 Å². The average molecular weight is 399 g/mol. The number of benzene rings is 2. The maximum absolute atomic E-state index is 12.6. The van der Waals surface area contributed by atoms with Crippen molar-refractivity contribution < 1.29 is 14.3 Å². The van der Waals surface area contributed by atoms with E-state index in [1.54, 1.807) is 18.2 Å². The minimum atomic E-state index is -0.576. The SMILES string of the molecule is O=C(NC1CCCCC1)c1cc(NC(=O)C2Cc3ccccc3O2)ccc1Cl. The van der Waals surface area contributed by atoms with E-state index in [-0.39, 0.29) is 17.9 Å². The van der Waals surface area contributed by atoms with Crippen molar-refractivity contribution in [2.45, 2.75) is 50.7 Å². The summed E-state index contributed by atoms with van der Waals surface area (Å²) in [7, 11) is 0. The number of halogens is 1. The van der Waals surface area contributed by atoms with Gasteiger partial charge in [0.15, 0.2) is 6.10 Å². The van der Waals surface area contributed by atoms with Crippen molar-refractivity contribution in [1.29, 1.82) is 0 Å². The Morgan fingerprint density at radius 3 is 2.61 bits per heavy atom. The summed E-state index contributed by atoms with van der Waals surface area (Å²) in [5.74, 6) is 0.306. The molecule has 0 spiro atoms. The lowest BCUT2D eigenvalue weighted by Gasteiger charge is -2.23. The Kier molecular flexibility index (Phi) is 5.53. The third kappa shape index (κ3) is 4.14. The summed E-state index contributed by atoms with van der Waals surface area (Å²) in [4.78, 5) is 25.2. The fraction of sp³-hybridized carbons (Fsp3) is 0.364. The molecule has 0 radical (unpaired) electrons. The smallest absolute Gasteiger partial charge is 0.265 e. The number of hydrogen-bond acceptors (Lipinski definition) is 3. The van der Waals surface area contributed by atoms with Crippen LogP contribution in [-0.2, 0) is 11.2 Å². The van der Waals surface area contributed by atoms with Gasteiger partial charge in [-0.15, -0.1) is 0 Å². The van der Waals surface area contributed by atoms with Gasteiger partial charge < -0.3 is 15.4 Å². The van der Waals surface area contributed by atoms with E-state index in [4.69, 9.17) is 16.3 Å². The predicted octanol–water partition coefficient (Wildman–Crippen LogP) is 4.34. The average Bonchev–Trinajstić information content (AvgIpc) is 3.14. The molecular formula is C22H23ClN2O3. The Bertz CT molecular complexity index is 868. The zero-order valence-electron chi connectivity index (χ0n) is 15.5. The molecule has 0 aromatic heterocycles. The van der Waals surface area contributed by atoms with Crippen molar-refractivity contribution in [3.8, 4) is 5.75 Å². The minimum Gasteiger partial charge on any atom is -0.480 e. The maximum Gasteiger partial charge on any atom is 0.265 e. The molecule has 2 aliphatic rings. The van der Waals surface area contributed by atoms with Crippen LogP contribution in [-0.4, -0.2) is 24.0 Å². The molecule has 2 aromatic carbocycles. The second-order valence-corrected chi connectivity index (χ2v) is 7.82. The largest absolute Gasteiger partial charge is 0.480 e. The first kappa shape index (κ1) is 18.8. The van der Waals surface area contributed by atoms with E-state index in [2.05, 4.69) is 10.6 Å². The highest BCUT2D eigenvalue weighted by molar-refractivity contribution is 6.34. The fourth-order valence-electron chi connectivity index (χ4n) is 3.84. The molecule has 1 unspecified atom stereocenters. The van der Waals surface area contributed by atoms with Gasteiger partial charge in [-0.1, -0.05) is 49.1 Å². The normalized spacial score (nSPS) is 18.8. The summed E-state index contributed by atoms with van der Waals surface area (Å²) >= 11 is 6.24. The monoisotopic (exact) mass is 398 g/mol. The summed E-state index contributed by atoms with van der Waals surface area (Å²) in [6, 6.07) is 12.8. The Labute approximate surface area is 169 Å². The summed E-state index contributed by atoms with van der Waals surface area (Å²) in [5.41, 5.74) is 1.93. The first-order chi connectivity index (χ1) is 13.6. The number of hydrogen-bond donors (Lipinski definition) is 2. The fourth-order valence-corrected chi connectivity index (χ4v) is 4.04. The van der Waals surface area contributed by atoms with Crippen molar-refractivity contribution in [3.05, 3.63) is 58.6 Å². The van der Waals surface area contributed by atoms with E-state index in [0.717, 1.165) is 37.0 Å². The molecular weight excluding hydrogens is 376 g/mol. The van der Waals surface area contributed by atoms with Crippen LogP contribution in [0.25, 0.3) is 0 Å². The van der Waals surface area contributed by atoms with E-state index in [9.17, 15) is 9.59 Å². The number of anilines is 1. The third-order valence-corrected chi connectivity index (χ3v) is 5.69. The van der Waals surface area contributed by atoms with Crippen LogP contribution in [0.3, 0.4) is 0 Å². The van der Waals surface area contributed by atoms with Gasteiger partial charge in [-0.3, -0.25) is 9.59 Å². The molecule has 2 amide bonds. The molecule has 1 saturated carbocycles. The Morgan fingerprint density at radius 1 is 1.04 bits per heavy atom. The molecule has 1 fully saturated rings. The molecule has 0 bridgehead atoms. The molecule has 2 aromatic rings. The lowest BCUT2D eigenvalue weighted by Crippen LogP contribution is -2.36. The summed E-state index contributed by atoms with van der Waals surface area (Å²) in [5, 5.41) is 6.28. The number of nitrogens with one attached hydrogen (secondary N) is 2. The van der Waals surface area contributed by atoms with E-state index in [1.807, 2.05) is 24.3 Å². The van der Waals surface area contributed by atoms with E-state index >= 15 is 0 Å². The second kappa shape index (κ2) is 8.23. The number of para-hydroxylation sites is 1. The zero-order valence-corrected chi connectivity index (χ0v) is 16.3. The van der Waals surface area contributed by atoms with Crippen molar-refractivity contribution >= 4 is 29.1 Å². The van der Waals surface area contributed by atoms with Crippen molar-refractivity contribution in [3.63, 3.8) is 0 Å². The summed E-state index contributed by atoms with van der Waals surface area (Å²) in [6.07, 6.45) is 5.45. The van der Waals surface area contributed by atoms with Crippen LogP contribution in [0.1, 0.15) is 48.0 Å². The number of amides is 2. The van der Waals surface area contributed by atoms with Gasteiger partial charge in [0.2, 0.25) is 0 Å². The first-order valence-electron chi connectivity index (χ1n) is 9.76. The third-order valence-electron chi connectivity index (χ3n) is 5.36. The highest BCUT2D eigenvalue weighted by Crippen LogP contribution is 2.29. The number of carbonyl (C=O) groups is 2. The van der Waals surface area contributed by atoms with Crippen LogP contribution in [0, 0.1) is 0 Å². The Balaban J connectivity index is 1.42. The number of fused-ring (bicyclic) bond motifs is 1. The molecule has 0 saturated heterocycles. The van der Waals surface area contributed by atoms with Gasteiger partial charge in [0.05, 0.1) is 10.6 Å². The maximum atomic E-state index is 12.6. The first-order valence-corrected chi connectivity index (χ1v) is 10.1. The lowest BCUT2D eigenvalue weighted by atomic mass is 9.95. The van der Waals surface area contributed by atoms with Gasteiger partial charge in [-0.05, 0) is 42.7 Å². The summed E-state index contributed by atoms with van der Waals surface area (Å²) in [6.45, 7) is 0. The molecule has 6 heteroatoms. The quantitative estimate of drug-likeness (QED) is 0.804. The molecule has 2 N–H and O–H groups in total. The van der Waals surface area contributed by atoms with Crippen LogP contribution in [0.15, 0.2) is 42.5 Å². The number of rotatable bonds is 4. The standard InChI is InChI=1S/C22H23ClN2O3/c23-18-11-10-16(13-17(18)21(26)24-15-7-2-1-3-8-15)25-22(27)20-12-14-6-4-5-9-19(14)28-20/h4-6,9-11,13,15,20H,1-3,7-8,12H2,(H,24,26)(H,25,27). The van der Waals surface area contributed by atoms with Gasteiger partial charge >= 0.3 is 0 Å². The van der Waals surface area contributed by atoms with Crippen molar-refractivity contribution in [2.24, 2.45) is 0 Å². The van der Waals surface area contributed by atoms with E-state index in [0.29, 0.717) is 22.7 Å². The highest BCUT2D eigenvalue weighted by Gasteiger charge is 2.29. The van der Waals surface area contributed by atoms with Crippen molar-refractivity contribution in [2.75, 3.05) is 5.32 Å². The van der Waals surface area contributed by atoms with Crippen LogP contribution >= 0.6 is 11.6 Å². The van der Waals surface area contributed by atoms with Gasteiger partial charge in [-0.2, -0.15) is 0 Å². The van der Waals surface area contributed by atoms with Gasteiger partial charge in [0.1, 0.15) is 5.75 Å². The zero-order chi connectivity index (χ0) is 19.5. The van der Waals surface area contributed by atoms with Crippen LogP contribution in [0.4, 0.5) is 5.69 Å². The molecule has 4 rings (SSSR count). The molecule has 1 heterocycles. The molecule has 1 aliphatic carbocycles. The van der Waals surface area contributed by atoms with E-state index < -0.39 is 6.10 Å². The summed E-state index contributed by atoms with van der Waals surface area (Å²) < 4.78 is 5.73. The van der Waals surface area contributed by atoms with Gasteiger partial charge in [0.25, 0.3) is 11.8 Å². The number of ether oxygens (including phenoxy) is 1. The second-order valence-electron chi connectivity index (χ2n) is 7.41. The Morgan fingerprint density at radius 2 is 1.82 bits per heavy atom.